The lowest BCUT2D eigenvalue weighted by Crippen LogP contribution is -2.25. The molecule has 2 N–H and O–H groups in total. The van der Waals surface area contributed by atoms with Crippen molar-refractivity contribution < 1.29 is 9.90 Å². The molecule has 1 rings (SSSR count). The molecule has 0 bridgehead atoms. The fourth-order valence-electron chi connectivity index (χ4n) is 1.34. The molecule has 0 saturated heterocycles. The molecule has 1 unspecified atom stereocenters. The zero-order valence-corrected chi connectivity index (χ0v) is 11.9. The highest BCUT2D eigenvalue weighted by atomic mass is 79.9. The van der Waals surface area contributed by atoms with Crippen molar-refractivity contribution in [1.82, 2.24) is 5.32 Å². The van der Waals surface area contributed by atoms with Crippen molar-refractivity contribution in [3.63, 3.8) is 0 Å². The summed E-state index contributed by atoms with van der Waals surface area (Å²) in [6, 6.07) is 5.04. The molecule has 0 aliphatic carbocycles. The highest BCUT2D eigenvalue weighted by molar-refractivity contribution is 9.10. The van der Waals surface area contributed by atoms with E-state index < -0.39 is 0 Å². The Morgan fingerprint density at radius 2 is 2.29 bits per heavy atom. The Bertz CT molecular complexity index is 396. The topological polar surface area (TPSA) is 49.3 Å². The highest BCUT2D eigenvalue weighted by Crippen LogP contribution is 2.23. The van der Waals surface area contributed by atoms with Crippen LogP contribution in [0.2, 0.25) is 5.02 Å². The van der Waals surface area contributed by atoms with E-state index in [0.29, 0.717) is 28.0 Å². The van der Waals surface area contributed by atoms with E-state index in [4.69, 9.17) is 16.7 Å². The van der Waals surface area contributed by atoms with Crippen LogP contribution in [0.1, 0.15) is 30.1 Å². The summed E-state index contributed by atoms with van der Waals surface area (Å²) in [6.07, 6.45) is 1.12. The third-order valence-corrected chi connectivity index (χ3v) is 3.48. The van der Waals surface area contributed by atoms with Crippen molar-refractivity contribution in [2.24, 2.45) is 0 Å². The molecular weight excluding hydrogens is 305 g/mol. The van der Waals surface area contributed by atoms with Gasteiger partial charge in [-0.15, -0.1) is 0 Å². The van der Waals surface area contributed by atoms with Crippen LogP contribution in [0, 0.1) is 0 Å². The van der Waals surface area contributed by atoms with Gasteiger partial charge in [0.15, 0.2) is 0 Å². The van der Waals surface area contributed by atoms with E-state index in [1.807, 2.05) is 0 Å². The van der Waals surface area contributed by atoms with Crippen LogP contribution >= 0.6 is 27.5 Å². The fourth-order valence-corrected chi connectivity index (χ4v) is 1.84. The molecule has 0 spiro atoms. The van der Waals surface area contributed by atoms with Gasteiger partial charge < -0.3 is 10.4 Å². The molecule has 3 nitrogen and oxygen atoms in total. The quantitative estimate of drug-likeness (QED) is 0.819. The Kier molecular flexibility index (Phi) is 5.95. The maximum atomic E-state index is 11.7. The molecule has 0 radical (unpaired) electrons. The molecule has 0 aromatic heterocycles. The van der Waals surface area contributed by atoms with Gasteiger partial charge in [-0.1, -0.05) is 11.6 Å². The van der Waals surface area contributed by atoms with Gasteiger partial charge in [-0.3, -0.25) is 4.79 Å². The van der Waals surface area contributed by atoms with Crippen LogP contribution in [0.5, 0.6) is 0 Å². The van der Waals surface area contributed by atoms with Crippen LogP contribution < -0.4 is 5.32 Å². The average molecular weight is 321 g/mol. The van der Waals surface area contributed by atoms with Crippen LogP contribution in [-0.4, -0.2) is 23.7 Å². The smallest absolute Gasteiger partial charge is 0.251 e. The first-order chi connectivity index (χ1) is 8.00. The molecule has 0 aliphatic rings. The maximum absolute atomic E-state index is 11.7. The number of aliphatic hydroxyl groups is 1. The highest BCUT2D eigenvalue weighted by Gasteiger charge is 2.07. The summed E-state index contributed by atoms with van der Waals surface area (Å²) in [7, 11) is 0. The second-order valence-electron chi connectivity index (χ2n) is 3.88. The molecule has 0 fully saturated rings. The Balaban J connectivity index is 2.44. The summed E-state index contributed by atoms with van der Waals surface area (Å²) in [4.78, 5) is 11.7. The van der Waals surface area contributed by atoms with E-state index in [9.17, 15) is 4.79 Å². The van der Waals surface area contributed by atoms with Crippen molar-refractivity contribution in [1.29, 1.82) is 0 Å². The molecule has 0 saturated carbocycles. The average Bonchev–Trinajstić information content (AvgIpc) is 2.27. The minimum absolute atomic E-state index is 0.132. The van der Waals surface area contributed by atoms with Crippen LogP contribution in [0.4, 0.5) is 0 Å². The number of aliphatic hydroxyl groups excluding tert-OH is 1. The van der Waals surface area contributed by atoms with Crippen molar-refractivity contribution in [3.05, 3.63) is 33.3 Å². The molecule has 1 aromatic rings. The van der Waals surface area contributed by atoms with Crippen molar-refractivity contribution in [3.8, 4) is 0 Å². The SMILES string of the molecule is CC(O)CCCNC(=O)c1ccc(Cl)c(Br)c1. The van der Waals surface area contributed by atoms with Gasteiger partial charge in [-0.05, 0) is 53.9 Å². The number of halogens is 2. The van der Waals surface area contributed by atoms with Crippen LogP contribution in [0.15, 0.2) is 22.7 Å². The van der Waals surface area contributed by atoms with Gasteiger partial charge >= 0.3 is 0 Å². The summed E-state index contributed by atoms with van der Waals surface area (Å²) in [5, 5.41) is 12.4. The van der Waals surface area contributed by atoms with E-state index in [1.54, 1.807) is 25.1 Å². The first-order valence-corrected chi connectivity index (χ1v) is 6.59. The second-order valence-corrected chi connectivity index (χ2v) is 5.14. The predicted molar refractivity (Wildman–Crippen MR) is 72.4 cm³/mol. The van der Waals surface area contributed by atoms with Gasteiger partial charge in [0.2, 0.25) is 0 Å². The summed E-state index contributed by atoms with van der Waals surface area (Å²) >= 11 is 9.11. The number of rotatable bonds is 5. The molecule has 0 aliphatic heterocycles. The Morgan fingerprint density at radius 3 is 2.88 bits per heavy atom. The fraction of sp³-hybridized carbons (Fsp3) is 0.417. The van der Waals surface area contributed by atoms with Gasteiger partial charge in [0.05, 0.1) is 11.1 Å². The number of benzene rings is 1. The summed E-state index contributed by atoms with van der Waals surface area (Å²) < 4.78 is 0.704. The van der Waals surface area contributed by atoms with Crippen molar-refractivity contribution >= 4 is 33.4 Å². The van der Waals surface area contributed by atoms with Gasteiger partial charge in [0.25, 0.3) is 5.91 Å². The van der Waals surface area contributed by atoms with Gasteiger partial charge in [-0.25, -0.2) is 0 Å². The third kappa shape index (κ3) is 5.06. The molecule has 0 heterocycles. The van der Waals surface area contributed by atoms with E-state index in [1.165, 1.54) is 0 Å². The summed E-state index contributed by atoms with van der Waals surface area (Å²) in [5.74, 6) is -0.132. The van der Waals surface area contributed by atoms with E-state index in [-0.39, 0.29) is 12.0 Å². The third-order valence-electron chi connectivity index (χ3n) is 2.27. The van der Waals surface area contributed by atoms with Crippen LogP contribution in [0.25, 0.3) is 0 Å². The first-order valence-electron chi connectivity index (χ1n) is 5.42. The Hall–Kier alpha value is -0.580. The van der Waals surface area contributed by atoms with Crippen LogP contribution in [-0.2, 0) is 0 Å². The van der Waals surface area contributed by atoms with E-state index in [0.717, 1.165) is 6.42 Å². The monoisotopic (exact) mass is 319 g/mol. The van der Waals surface area contributed by atoms with Crippen molar-refractivity contribution in [2.75, 3.05) is 6.54 Å². The van der Waals surface area contributed by atoms with E-state index >= 15 is 0 Å². The standard InChI is InChI=1S/C12H15BrClNO2/c1-8(16)3-2-6-15-12(17)9-4-5-11(14)10(13)7-9/h4-5,7-8,16H,2-3,6H2,1H3,(H,15,17). The normalized spacial score (nSPS) is 12.2. The Labute approximate surface area is 114 Å². The molecule has 1 aromatic carbocycles. The molecule has 17 heavy (non-hydrogen) atoms. The van der Waals surface area contributed by atoms with Gasteiger partial charge in [-0.2, -0.15) is 0 Å². The summed E-state index contributed by atoms with van der Waals surface area (Å²) in [6.45, 7) is 2.29. The predicted octanol–water partition coefficient (Wildman–Crippen LogP) is 2.99. The maximum Gasteiger partial charge on any atom is 0.251 e. The minimum atomic E-state index is -0.323. The van der Waals surface area contributed by atoms with Gasteiger partial charge in [0.1, 0.15) is 0 Å². The molecule has 1 amide bonds. The zero-order valence-electron chi connectivity index (χ0n) is 9.54. The lowest BCUT2D eigenvalue weighted by atomic mass is 10.2. The molecular formula is C12H15BrClNO2. The van der Waals surface area contributed by atoms with Crippen molar-refractivity contribution in [2.45, 2.75) is 25.9 Å². The molecule has 94 valence electrons. The van der Waals surface area contributed by atoms with Gasteiger partial charge in [0, 0.05) is 16.6 Å². The number of hydrogen-bond donors (Lipinski definition) is 2. The summed E-state index contributed by atoms with van der Waals surface area (Å²) in [5.41, 5.74) is 0.568. The number of hydrogen-bond acceptors (Lipinski definition) is 2. The van der Waals surface area contributed by atoms with E-state index in [2.05, 4.69) is 21.2 Å². The Morgan fingerprint density at radius 1 is 1.59 bits per heavy atom. The lowest BCUT2D eigenvalue weighted by molar-refractivity contribution is 0.0949. The lowest BCUT2D eigenvalue weighted by Gasteiger charge is -2.07. The molecule has 5 heteroatoms. The molecule has 1 atom stereocenters. The van der Waals surface area contributed by atoms with Crippen LogP contribution in [0.3, 0.4) is 0 Å². The minimum Gasteiger partial charge on any atom is -0.393 e. The zero-order chi connectivity index (χ0) is 12.8. The largest absolute Gasteiger partial charge is 0.393 e. The first kappa shape index (κ1) is 14.5. The number of carbonyl (C=O) groups excluding carboxylic acids is 1. The number of carbonyl (C=O) groups is 1. The number of nitrogens with one attached hydrogen (secondary N) is 1. The second kappa shape index (κ2) is 6.99. The number of amides is 1.